The van der Waals surface area contributed by atoms with Crippen molar-refractivity contribution in [2.75, 3.05) is 11.1 Å². The van der Waals surface area contributed by atoms with Gasteiger partial charge in [-0.25, -0.2) is 9.97 Å². The molecule has 0 spiro atoms. The molecule has 0 fully saturated rings. The fourth-order valence-electron chi connectivity index (χ4n) is 2.78. The lowest BCUT2D eigenvalue weighted by atomic mass is 10.1. The monoisotopic (exact) mass is 414 g/mol. The number of rotatable bonds is 3. The molecule has 146 valence electrons. The SMILES string of the molecule is Nc1ncc2cc(-c3ccc(C(=O)Nc4cccc(C(F)(F)F)c4)s3)ccc2n1. The molecular formula is C20H13F3N4OS. The Kier molecular flexibility index (Phi) is 4.67. The Morgan fingerprint density at radius 3 is 2.69 bits per heavy atom. The molecule has 0 aliphatic heterocycles. The van der Waals surface area contributed by atoms with Gasteiger partial charge in [0.15, 0.2) is 0 Å². The molecule has 2 aromatic heterocycles. The van der Waals surface area contributed by atoms with E-state index >= 15 is 0 Å². The summed E-state index contributed by atoms with van der Waals surface area (Å²) in [6, 6.07) is 13.5. The Bertz CT molecular complexity index is 1220. The summed E-state index contributed by atoms with van der Waals surface area (Å²) in [4.78, 5) is 21.8. The molecule has 4 aromatic rings. The zero-order valence-corrected chi connectivity index (χ0v) is 15.5. The zero-order valence-electron chi connectivity index (χ0n) is 14.7. The van der Waals surface area contributed by atoms with Crippen LogP contribution in [0.1, 0.15) is 15.2 Å². The number of carbonyl (C=O) groups is 1. The van der Waals surface area contributed by atoms with Crippen LogP contribution in [0.2, 0.25) is 0 Å². The number of aromatic nitrogens is 2. The van der Waals surface area contributed by atoms with Crippen LogP contribution in [0, 0.1) is 0 Å². The van der Waals surface area contributed by atoms with Crippen molar-refractivity contribution >= 4 is 39.8 Å². The largest absolute Gasteiger partial charge is 0.416 e. The van der Waals surface area contributed by atoms with Gasteiger partial charge >= 0.3 is 6.18 Å². The third-order valence-electron chi connectivity index (χ3n) is 4.16. The van der Waals surface area contributed by atoms with E-state index in [1.54, 1.807) is 18.3 Å². The zero-order chi connectivity index (χ0) is 20.6. The summed E-state index contributed by atoms with van der Waals surface area (Å²) in [7, 11) is 0. The molecule has 0 unspecified atom stereocenters. The Hall–Kier alpha value is -3.46. The number of carbonyl (C=O) groups excluding carboxylic acids is 1. The molecule has 1 amide bonds. The molecule has 0 saturated carbocycles. The molecule has 0 radical (unpaired) electrons. The number of nitrogens with zero attached hydrogens (tertiary/aromatic N) is 2. The number of nitrogens with one attached hydrogen (secondary N) is 1. The Balaban J connectivity index is 1.56. The minimum atomic E-state index is -4.47. The van der Waals surface area contributed by atoms with Crippen LogP contribution < -0.4 is 11.1 Å². The topological polar surface area (TPSA) is 80.9 Å². The number of nitrogens with two attached hydrogens (primary N) is 1. The predicted octanol–water partition coefficient (Wildman–Crippen LogP) is 5.21. The van der Waals surface area contributed by atoms with E-state index in [2.05, 4.69) is 15.3 Å². The van der Waals surface area contributed by atoms with Gasteiger partial charge in [-0.1, -0.05) is 12.1 Å². The van der Waals surface area contributed by atoms with Crippen LogP contribution in [0.3, 0.4) is 0 Å². The summed E-state index contributed by atoms with van der Waals surface area (Å²) in [6.45, 7) is 0. The van der Waals surface area contributed by atoms with E-state index in [0.29, 0.717) is 10.4 Å². The van der Waals surface area contributed by atoms with Crippen molar-refractivity contribution in [1.29, 1.82) is 0 Å². The summed E-state index contributed by atoms with van der Waals surface area (Å²) >= 11 is 1.24. The highest BCUT2D eigenvalue weighted by molar-refractivity contribution is 7.17. The third-order valence-corrected chi connectivity index (χ3v) is 5.29. The van der Waals surface area contributed by atoms with E-state index in [1.165, 1.54) is 23.5 Å². The lowest BCUT2D eigenvalue weighted by Gasteiger charge is -2.09. The Morgan fingerprint density at radius 2 is 1.90 bits per heavy atom. The minimum Gasteiger partial charge on any atom is -0.368 e. The van der Waals surface area contributed by atoms with E-state index in [9.17, 15) is 18.0 Å². The van der Waals surface area contributed by atoms with Crippen molar-refractivity contribution in [2.24, 2.45) is 0 Å². The number of thiophene rings is 1. The van der Waals surface area contributed by atoms with Gasteiger partial charge in [-0.15, -0.1) is 11.3 Å². The van der Waals surface area contributed by atoms with Gasteiger partial charge in [0.25, 0.3) is 5.91 Å². The predicted molar refractivity (Wildman–Crippen MR) is 107 cm³/mol. The average Bonchev–Trinajstić information content (AvgIpc) is 3.17. The minimum absolute atomic E-state index is 0.0835. The molecule has 3 N–H and O–H groups in total. The van der Waals surface area contributed by atoms with Crippen molar-refractivity contribution in [2.45, 2.75) is 6.18 Å². The second kappa shape index (κ2) is 7.17. The van der Waals surface area contributed by atoms with E-state index in [0.717, 1.165) is 28.0 Å². The molecule has 2 heterocycles. The van der Waals surface area contributed by atoms with Crippen LogP contribution >= 0.6 is 11.3 Å². The standard InChI is InChI=1S/C20H13F3N4OS/c21-20(22,23)13-2-1-3-14(9-13)26-18(28)17-7-6-16(29-17)11-4-5-15-12(8-11)10-25-19(24)27-15/h1-10H,(H,26,28)(H2,24,25,27). The second-order valence-electron chi connectivity index (χ2n) is 6.20. The van der Waals surface area contributed by atoms with Gasteiger partial charge < -0.3 is 11.1 Å². The quantitative estimate of drug-likeness (QED) is 0.482. The lowest BCUT2D eigenvalue weighted by molar-refractivity contribution is -0.137. The van der Waals surface area contributed by atoms with Crippen LogP contribution in [-0.4, -0.2) is 15.9 Å². The molecule has 2 aromatic carbocycles. The molecular weight excluding hydrogens is 401 g/mol. The second-order valence-corrected chi connectivity index (χ2v) is 7.28. The fraction of sp³-hybridized carbons (Fsp3) is 0.0500. The van der Waals surface area contributed by atoms with Gasteiger partial charge in [0.1, 0.15) is 0 Å². The number of fused-ring (bicyclic) bond motifs is 1. The van der Waals surface area contributed by atoms with Crippen LogP contribution in [-0.2, 0) is 6.18 Å². The molecule has 0 aliphatic carbocycles. The number of hydrogen-bond acceptors (Lipinski definition) is 5. The van der Waals surface area contributed by atoms with Crippen LogP contribution in [0.4, 0.5) is 24.8 Å². The number of amides is 1. The summed E-state index contributed by atoms with van der Waals surface area (Å²) in [5.41, 5.74) is 6.42. The van der Waals surface area contributed by atoms with Crippen LogP contribution in [0.5, 0.6) is 0 Å². The first-order valence-corrected chi connectivity index (χ1v) is 9.22. The van der Waals surface area contributed by atoms with E-state index in [1.807, 2.05) is 18.2 Å². The van der Waals surface area contributed by atoms with Crippen molar-refractivity contribution < 1.29 is 18.0 Å². The van der Waals surface area contributed by atoms with Crippen LogP contribution in [0.25, 0.3) is 21.3 Å². The molecule has 5 nitrogen and oxygen atoms in total. The summed E-state index contributed by atoms with van der Waals surface area (Å²) in [5.74, 6) is -0.285. The maximum Gasteiger partial charge on any atom is 0.416 e. The molecule has 0 saturated heterocycles. The average molecular weight is 414 g/mol. The number of halogens is 3. The first kappa shape index (κ1) is 18.9. The molecule has 0 aliphatic rings. The maximum absolute atomic E-state index is 12.8. The number of nitrogen functional groups attached to an aromatic ring is 1. The number of alkyl halides is 3. The number of anilines is 2. The Labute approximate surface area is 167 Å². The van der Waals surface area contributed by atoms with Crippen LogP contribution in [0.15, 0.2) is 60.8 Å². The Morgan fingerprint density at radius 1 is 1.07 bits per heavy atom. The molecule has 0 atom stereocenters. The summed E-state index contributed by atoms with van der Waals surface area (Å²) in [6.07, 6.45) is -2.85. The highest BCUT2D eigenvalue weighted by atomic mass is 32.1. The van der Waals surface area contributed by atoms with Gasteiger partial charge in [-0.2, -0.15) is 13.2 Å². The molecule has 0 bridgehead atoms. The van der Waals surface area contributed by atoms with Crippen molar-refractivity contribution in [3.8, 4) is 10.4 Å². The van der Waals surface area contributed by atoms with E-state index in [-0.39, 0.29) is 11.6 Å². The summed E-state index contributed by atoms with van der Waals surface area (Å²) < 4.78 is 38.5. The summed E-state index contributed by atoms with van der Waals surface area (Å²) in [5, 5.41) is 3.31. The first-order valence-electron chi connectivity index (χ1n) is 8.41. The number of benzene rings is 2. The van der Waals surface area contributed by atoms with Gasteiger partial charge in [-0.3, -0.25) is 4.79 Å². The first-order chi connectivity index (χ1) is 13.8. The molecule has 4 rings (SSSR count). The number of hydrogen-bond donors (Lipinski definition) is 2. The fourth-order valence-corrected chi connectivity index (χ4v) is 3.68. The molecule has 29 heavy (non-hydrogen) atoms. The highest BCUT2D eigenvalue weighted by Crippen LogP contribution is 2.32. The van der Waals surface area contributed by atoms with Crippen molar-refractivity contribution in [3.05, 3.63) is 71.2 Å². The van der Waals surface area contributed by atoms with Crippen molar-refractivity contribution in [3.63, 3.8) is 0 Å². The molecule has 9 heteroatoms. The van der Waals surface area contributed by atoms with Gasteiger partial charge in [0.2, 0.25) is 5.95 Å². The van der Waals surface area contributed by atoms with E-state index < -0.39 is 17.6 Å². The van der Waals surface area contributed by atoms with E-state index in [4.69, 9.17) is 5.73 Å². The van der Waals surface area contributed by atoms with Gasteiger partial charge in [-0.05, 0) is 48.0 Å². The smallest absolute Gasteiger partial charge is 0.368 e. The van der Waals surface area contributed by atoms with Gasteiger partial charge in [0, 0.05) is 22.1 Å². The lowest BCUT2D eigenvalue weighted by Crippen LogP contribution is -2.11. The van der Waals surface area contributed by atoms with Gasteiger partial charge in [0.05, 0.1) is 16.0 Å². The van der Waals surface area contributed by atoms with Crippen molar-refractivity contribution in [1.82, 2.24) is 9.97 Å². The highest BCUT2D eigenvalue weighted by Gasteiger charge is 2.30. The maximum atomic E-state index is 12.8. The normalized spacial score (nSPS) is 11.6. The third kappa shape index (κ3) is 4.04.